The summed E-state index contributed by atoms with van der Waals surface area (Å²) in [6, 6.07) is 7.71. The molecule has 2 aromatic rings. The van der Waals surface area contributed by atoms with Gasteiger partial charge in [-0.3, -0.25) is 4.79 Å². The Morgan fingerprint density at radius 2 is 2.04 bits per heavy atom. The van der Waals surface area contributed by atoms with E-state index in [0.717, 1.165) is 37.0 Å². The molecule has 6 heteroatoms. The number of rotatable bonds is 4. The number of amides is 1. The minimum absolute atomic E-state index is 0.179. The number of hydrogen-bond donors (Lipinski definition) is 0. The third-order valence-electron chi connectivity index (χ3n) is 5.50. The molecule has 27 heavy (non-hydrogen) atoms. The van der Waals surface area contributed by atoms with E-state index in [-0.39, 0.29) is 17.9 Å². The van der Waals surface area contributed by atoms with Gasteiger partial charge >= 0.3 is 0 Å². The molecule has 1 amide bonds. The maximum absolute atomic E-state index is 12.8. The molecule has 0 unspecified atom stereocenters. The number of carbonyl (C=O) groups is 1. The molecule has 0 radical (unpaired) electrons. The summed E-state index contributed by atoms with van der Waals surface area (Å²) < 4.78 is 11.8. The molecule has 0 N–H and O–H groups in total. The van der Waals surface area contributed by atoms with Gasteiger partial charge in [-0.2, -0.15) is 0 Å². The Balaban J connectivity index is 1.40. The van der Waals surface area contributed by atoms with E-state index < -0.39 is 0 Å². The average molecular weight is 389 g/mol. The van der Waals surface area contributed by atoms with E-state index in [2.05, 4.69) is 4.98 Å². The SMILES string of the molecule is O=C(C1CCCCC1)N1CCO[C@@H](c2ncc(Cc3ccccc3Cl)o2)C1. The number of ether oxygens (including phenoxy) is 1. The van der Waals surface area contributed by atoms with Crippen LogP contribution in [-0.2, 0) is 16.0 Å². The summed E-state index contributed by atoms with van der Waals surface area (Å²) in [5.74, 6) is 1.74. The van der Waals surface area contributed by atoms with Crippen molar-refractivity contribution in [1.29, 1.82) is 0 Å². The summed E-state index contributed by atoms with van der Waals surface area (Å²) in [7, 11) is 0. The molecule has 2 heterocycles. The van der Waals surface area contributed by atoms with Crippen LogP contribution in [0.4, 0.5) is 0 Å². The lowest BCUT2D eigenvalue weighted by Crippen LogP contribution is -2.45. The Hall–Kier alpha value is -1.85. The lowest BCUT2D eigenvalue weighted by atomic mass is 9.88. The van der Waals surface area contributed by atoms with Gasteiger partial charge in [0, 0.05) is 23.9 Å². The van der Waals surface area contributed by atoms with Gasteiger partial charge in [-0.05, 0) is 24.5 Å². The fourth-order valence-corrected chi connectivity index (χ4v) is 4.19. The van der Waals surface area contributed by atoms with Crippen molar-refractivity contribution in [3.05, 3.63) is 52.7 Å². The van der Waals surface area contributed by atoms with Gasteiger partial charge in [-0.25, -0.2) is 4.98 Å². The highest BCUT2D eigenvalue weighted by molar-refractivity contribution is 6.31. The molecule has 0 spiro atoms. The number of morpholine rings is 1. The van der Waals surface area contributed by atoms with Crippen molar-refractivity contribution in [3.8, 4) is 0 Å². The predicted octanol–water partition coefficient (Wildman–Crippen LogP) is 4.40. The molecule has 1 aromatic heterocycles. The molecule has 0 bridgehead atoms. The van der Waals surface area contributed by atoms with Crippen LogP contribution in [0, 0.1) is 5.92 Å². The normalized spacial score (nSPS) is 21.4. The molecule has 2 fully saturated rings. The van der Waals surface area contributed by atoms with Gasteiger partial charge in [0.2, 0.25) is 11.8 Å². The van der Waals surface area contributed by atoms with Crippen LogP contribution in [0.5, 0.6) is 0 Å². The van der Waals surface area contributed by atoms with Crippen LogP contribution in [0.3, 0.4) is 0 Å². The third kappa shape index (κ3) is 4.36. The number of hydrogen-bond acceptors (Lipinski definition) is 4. The van der Waals surface area contributed by atoms with E-state index in [1.54, 1.807) is 6.20 Å². The maximum Gasteiger partial charge on any atom is 0.225 e. The molecule has 144 valence electrons. The molecule has 1 aliphatic carbocycles. The Morgan fingerprint density at radius 1 is 1.22 bits per heavy atom. The summed E-state index contributed by atoms with van der Waals surface area (Å²) in [4.78, 5) is 19.2. The van der Waals surface area contributed by atoms with E-state index in [9.17, 15) is 4.79 Å². The summed E-state index contributed by atoms with van der Waals surface area (Å²) >= 11 is 6.23. The number of nitrogens with zero attached hydrogens (tertiary/aromatic N) is 2. The lowest BCUT2D eigenvalue weighted by molar-refractivity contribution is -0.145. The fraction of sp³-hybridized carbons (Fsp3) is 0.524. The number of halogens is 1. The van der Waals surface area contributed by atoms with E-state index in [4.69, 9.17) is 20.8 Å². The average Bonchev–Trinajstić information content (AvgIpc) is 3.19. The number of carbonyl (C=O) groups excluding carboxylic acids is 1. The largest absolute Gasteiger partial charge is 0.442 e. The summed E-state index contributed by atoms with van der Waals surface area (Å²) in [6.07, 6.45) is 7.62. The van der Waals surface area contributed by atoms with E-state index in [1.165, 1.54) is 6.42 Å². The van der Waals surface area contributed by atoms with Gasteiger partial charge in [0.1, 0.15) is 5.76 Å². The standard InChI is InChI=1S/C21H25ClN2O3/c22-18-9-5-4-8-16(18)12-17-13-23-20(27-17)19-14-24(10-11-26-19)21(25)15-6-2-1-3-7-15/h4-5,8-9,13,15,19H,1-3,6-7,10-12,14H2/t19-/m1/s1. The smallest absolute Gasteiger partial charge is 0.225 e. The van der Waals surface area contributed by atoms with Crippen molar-refractivity contribution >= 4 is 17.5 Å². The molecule has 1 aromatic carbocycles. The Bertz CT molecular complexity index is 785. The molecule has 5 nitrogen and oxygen atoms in total. The number of oxazole rings is 1. The molecular formula is C21H25ClN2O3. The minimum atomic E-state index is -0.300. The van der Waals surface area contributed by atoms with Crippen LogP contribution in [0.15, 0.2) is 34.9 Å². The topological polar surface area (TPSA) is 55.6 Å². The Kier molecular flexibility index (Phi) is 5.79. The lowest BCUT2D eigenvalue weighted by Gasteiger charge is -2.34. The second kappa shape index (κ2) is 8.44. The molecule has 4 rings (SSSR count). The fourth-order valence-electron chi connectivity index (χ4n) is 3.99. The zero-order valence-electron chi connectivity index (χ0n) is 15.4. The highest BCUT2D eigenvalue weighted by atomic mass is 35.5. The maximum atomic E-state index is 12.8. The van der Waals surface area contributed by atoms with Crippen molar-refractivity contribution in [3.63, 3.8) is 0 Å². The first-order valence-electron chi connectivity index (χ1n) is 9.79. The second-order valence-electron chi connectivity index (χ2n) is 7.41. The van der Waals surface area contributed by atoms with Gasteiger partial charge in [0.05, 0.1) is 19.3 Å². The number of benzene rings is 1. The van der Waals surface area contributed by atoms with Gasteiger partial charge in [-0.1, -0.05) is 49.1 Å². The summed E-state index contributed by atoms with van der Waals surface area (Å²) in [6.45, 7) is 1.69. The first-order valence-corrected chi connectivity index (χ1v) is 10.2. The van der Waals surface area contributed by atoms with Crippen LogP contribution in [0.2, 0.25) is 5.02 Å². The highest BCUT2D eigenvalue weighted by Gasteiger charge is 2.32. The first-order chi connectivity index (χ1) is 13.2. The van der Waals surface area contributed by atoms with Crippen LogP contribution >= 0.6 is 11.6 Å². The minimum Gasteiger partial charge on any atom is -0.442 e. The van der Waals surface area contributed by atoms with Crippen molar-refractivity contribution in [2.45, 2.75) is 44.6 Å². The van der Waals surface area contributed by atoms with Crippen molar-refractivity contribution in [1.82, 2.24) is 9.88 Å². The zero-order chi connectivity index (χ0) is 18.6. The Labute approximate surface area is 164 Å². The van der Waals surface area contributed by atoms with Crippen LogP contribution in [0.1, 0.15) is 55.4 Å². The molecule has 1 aliphatic heterocycles. The predicted molar refractivity (Wildman–Crippen MR) is 103 cm³/mol. The summed E-state index contributed by atoms with van der Waals surface area (Å²) in [5, 5.41) is 0.716. The van der Waals surface area contributed by atoms with E-state index in [1.807, 2.05) is 29.2 Å². The van der Waals surface area contributed by atoms with Crippen LogP contribution in [-0.4, -0.2) is 35.5 Å². The quantitative estimate of drug-likeness (QED) is 0.779. The molecular weight excluding hydrogens is 364 g/mol. The van der Waals surface area contributed by atoms with Gasteiger partial charge in [-0.15, -0.1) is 0 Å². The van der Waals surface area contributed by atoms with Crippen molar-refractivity contribution in [2.75, 3.05) is 19.7 Å². The Morgan fingerprint density at radius 3 is 2.85 bits per heavy atom. The zero-order valence-corrected chi connectivity index (χ0v) is 16.2. The number of aromatic nitrogens is 1. The van der Waals surface area contributed by atoms with E-state index >= 15 is 0 Å². The van der Waals surface area contributed by atoms with Gasteiger partial charge in [0.15, 0.2) is 6.10 Å². The summed E-state index contributed by atoms with van der Waals surface area (Å²) in [5.41, 5.74) is 1.00. The second-order valence-corrected chi connectivity index (χ2v) is 7.82. The van der Waals surface area contributed by atoms with E-state index in [0.29, 0.717) is 37.0 Å². The molecule has 1 saturated heterocycles. The molecule has 1 atom stereocenters. The van der Waals surface area contributed by atoms with Gasteiger partial charge in [0.25, 0.3) is 0 Å². The van der Waals surface area contributed by atoms with Gasteiger partial charge < -0.3 is 14.1 Å². The van der Waals surface area contributed by atoms with Crippen molar-refractivity contribution in [2.24, 2.45) is 5.92 Å². The third-order valence-corrected chi connectivity index (χ3v) is 5.87. The highest BCUT2D eigenvalue weighted by Crippen LogP contribution is 2.29. The van der Waals surface area contributed by atoms with Crippen LogP contribution < -0.4 is 0 Å². The first kappa shape index (κ1) is 18.5. The monoisotopic (exact) mass is 388 g/mol. The van der Waals surface area contributed by atoms with Crippen molar-refractivity contribution < 1.29 is 13.9 Å². The molecule has 2 aliphatic rings. The van der Waals surface area contributed by atoms with Crippen LogP contribution in [0.25, 0.3) is 0 Å². The molecule has 1 saturated carbocycles.